The van der Waals surface area contributed by atoms with Crippen LogP contribution < -0.4 is 5.32 Å². The number of carbonyl (C=O) groups is 1. The first kappa shape index (κ1) is 18.7. The van der Waals surface area contributed by atoms with Crippen molar-refractivity contribution < 1.29 is 4.79 Å². The zero-order valence-corrected chi connectivity index (χ0v) is 14.6. The molecular formula is C17H32N4O. The van der Waals surface area contributed by atoms with E-state index in [1.807, 2.05) is 25.0 Å². The van der Waals surface area contributed by atoms with Gasteiger partial charge in [0.1, 0.15) is 0 Å². The van der Waals surface area contributed by atoms with E-state index in [2.05, 4.69) is 29.2 Å². The number of unbranched alkanes of at least 4 members (excludes halogenated alkanes) is 3. The monoisotopic (exact) mass is 308 g/mol. The van der Waals surface area contributed by atoms with Crippen LogP contribution in [0.3, 0.4) is 0 Å². The number of carbonyl (C=O) groups excluding carboxylic acids is 1. The van der Waals surface area contributed by atoms with E-state index in [0.29, 0.717) is 0 Å². The van der Waals surface area contributed by atoms with Crippen molar-refractivity contribution in [1.82, 2.24) is 14.7 Å². The normalized spacial score (nSPS) is 12.6. The smallest absolute Gasteiger partial charge is 0.227 e. The van der Waals surface area contributed by atoms with E-state index in [4.69, 9.17) is 0 Å². The Morgan fingerprint density at radius 2 is 2.09 bits per heavy atom. The summed E-state index contributed by atoms with van der Waals surface area (Å²) in [5.74, 6) is 0.244. The van der Waals surface area contributed by atoms with Crippen LogP contribution in [0.15, 0.2) is 12.4 Å². The Labute approximate surface area is 135 Å². The highest BCUT2D eigenvalue weighted by Crippen LogP contribution is 2.17. The summed E-state index contributed by atoms with van der Waals surface area (Å²) >= 11 is 0. The highest BCUT2D eigenvalue weighted by molar-refractivity contribution is 5.92. The van der Waals surface area contributed by atoms with Gasteiger partial charge >= 0.3 is 0 Å². The molecule has 0 fully saturated rings. The molecule has 0 saturated heterocycles. The topological polar surface area (TPSA) is 50.2 Å². The van der Waals surface area contributed by atoms with Crippen molar-refractivity contribution in [2.45, 2.75) is 58.9 Å². The highest BCUT2D eigenvalue weighted by atomic mass is 16.1. The van der Waals surface area contributed by atoms with Crippen molar-refractivity contribution in [3.05, 3.63) is 12.4 Å². The molecule has 0 bridgehead atoms. The predicted octanol–water partition coefficient (Wildman–Crippen LogP) is 3.38. The van der Waals surface area contributed by atoms with Crippen molar-refractivity contribution in [1.29, 1.82) is 0 Å². The molecule has 0 spiro atoms. The Bertz CT molecular complexity index is 428. The molecule has 1 aromatic rings. The van der Waals surface area contributed by atoms with Crippen LogP contribution >= 0.6 is 0 Å². The fourth-order valence-corrected chi connectivity index (χ4v) is 2.44. The van der Waals surface area contributed by atoms with Crippen LogP contribution in [0.25, 0.3) is 0 Å². The largest absolute Gasteiger partial charge is 0.323 e. The number of rotatable bonds is 11. The van der Waals surface area contributed by atoms with E-state index in [1.165, 1.54) is 19.3 Å². The number of nitrogens with one attached hydrogen (secondary N) is 1. The standard InChI is InChI=1S/C17H32N4O/c1-5-7-8-9-10-15(6-2)17(22)19-16-13-18-21(14-16)12-11-20(3)4/h13-15H,5-12H2,1-4H3,(H,19,22). The van der Waals surface area contributed by atoms with Gasteiger partial charge in [0.2, 0.25) is 5.91 Å². The van der Waals surface area contributed by atoms with E-state index >= 15 is 0 Å². The van der Waals surface area contributed by atoms with Gasteiger partial charge in [-0.25, -0.2) is 0 Å². The van der Waals surface area contributed by atoms with Crippen LogP contribution in [0, 0.1) is 5.92 Å². The van der Waals surface area contributed by atoms with Crippen molar-refractivity contribution in [2.75, 3.05) is 26.0 Å². The van der Waals surface area contributed by atoms with E-state index in [-0.39, 0.29) is 11.8 Å². The third kappa shape index (κ3) is 7.07. The minimum Gasteiger partial charge on any atom is -0.323 e. The summed E-state index contributed by atoms with van der Waals surface area (Å²) in [7, 11) is 4.08. The molecular weight excluding hydrogens is 276 g/mol. The first-order valence-corrected chi connectivity index (χ1v) is 8.54. The fourth-order valence-electron chi connectivity index (χ4n) is 2.44. The minimum atomic E-state index is 0.113. The van der Waals surface area contributed by atoms with Crippen LogP contribution in [-0.2, 0) is 11.3 Å². The summed E-state index contributed by atoms with van der Waals surface area (Å²) in [4.78, 5) is 14.4. The van der Waals surface area contributed by atoms with Gasteiger partial charge in [-0.15, -0.1) is 0 Å². The van der Waals surface area contributed by atoms with Gasteiger partial charge in [-0.3, -0.25) is 9.48 Å². The molecule has 1 heterocycles. The minimum absolute atomic E-state index is 0.113. The Kier molecular flexibility index (Phi) is 8.82. The van der Waals surface area contributed by atoms with Crippen molar-refractivity contribution in [2.24, 2.45) is 5.92 Å². The van der Waals surface area contributed by atoms with E-state index in [0.717, 1.165) is 38.0 Å². The maximum absolute atomic E-state index is 12.3. The van der Waals surface area contributed by atoms with E-state index in [9.17, 15) is 4.79 Å². The van der Waals surface area contributed by atoms with Gasteiger partial charge in [-0.2, -0.15) is 5.10 Å². The second-order valence-electron chi connectivity index (χ2n) is 6.24. The van der Waals surface area contributed by atoms with Crippen LogP contribution in [0.2, 0.25) is 0 Å². The number of amides is 1. The second kappa shape index (κ2) is 10.4. The van der Waals surface area contributed by atoms with E-state index < -0.39 is 0 Å². The number of anilines is 1. The lowest BCUT2D eigenvalue weighted by molar-refractivity contribution is -0.120. The molecule has 5 nitrogen and oxygen atoms in total. The lowest BCUT2D eigenvalue weighted by Crippen LogP contribution is -2.22. The predicted molar refractivity (Wildman–Crippen MR) is 92.0 cm³/mol. The van der Waals surface area contributed by atoms with Crippen LogP contribution in [0.4, 0.5) is 5.69 Å². The summed E-state index contributed by atoms with van der Waals surface area (Å²) in [5.41, 5.74) is 0.802. The number of aromatic nitrogens is 2. The highest BCUT2D eigenvalue weighted by Gasteiger charge is 2.16. The number of nitrogens with zero attached hydrogens (tertiary/aromatic N) is 3. The zero-order chi connectivity index (χ0) is 16.4. The first-order chi connectivity index (χ1) is 10.6. The van der Waals surface area contributed by atoms with Gasteiger partial charge in [-0.1, -0.05) is 39.5 Å². The molecule has 1 amide bonds. The van der Waals surface area contributed by atoms with Gasteiger partial charge in [0.15, 0.2) is 0 Å². The molecule has 0 aliphatic rings. The third-order valence-corrected chi connectivity index (χ3v) is 3.95. The number of likely N-dealkylation sites (N-methyl/N-ethyl adjacent to an activating group) is 1. The quantitative estimate of drug-likeness (QED) is 0.638. The molecule has 0 aliphatic carbocycles. The molecule has 1 aromatic heterocycles. The summed E-state index contributed by atoms with van der Waals surface area (Å²) in [5, 5.41) is 7.29. The third-order valence-electron chi connectivity index (χ3n) is 3.95. The van der Waals surface area contributed by atoms with Crippen LogP contribution in [-0.4, -0.2) is 41.2 Å². The average Bonchev–Trinajstić information content (AvgIpc) is 2.92. The Morgan fingerprint density at radius 1 is 1.32 bits per heavy atom. The van der Waals surface area contributed by atoms with Gasteiger partial charge in [-0.05, 0) is 26.9 Å². The Hall–Kier alpha value is -1.36. The van der Waals surface area contributed by atoms with Crippen LogP contribution in [0.5, 0.6) is 0 Å². The lowest BCUT2D eigenvalue weighted by atomic mass is 9.97. The van der Waals surface area contributed by atoms with Crippen molar-refractivity contribution >= 4 is 11.6 Å². The van der Waals surface area contributed by atoms with Crippen LogP contribution in [0.1, 0.15) is 52.4 Å². The molecule has 5 heteroatoms. The summed E-state index contributed by atoms with van der Waals surface area (Å²) in [6.07, 6.45) is 10.4. The fraction of sp³-hybridized carbons (Fsp3) is 0.765. The molecule has 126 valence electrons. The molecule has 0 aliphatic heterocycles. The molecule has 0 radical (unpaired) electrons. The second-order valence-corrected chi connectivity index (χ2v) is 6.24. The molecule has 0 aromatic carbocycles. The first-order valence-electron chi connectivity index (χ1n) is 8.54. The maximum Gasteiger partial charge on any atom is 0.227 e. The summed E-state index contributed by atoms with van der Waals surface area (Å²) < 4.78 is 1.87. The molecule has 22 heavy (non-hydrogen) atoms. The van der Waals surface area contributed by atoms with Crippen molar-refractivity contribution in [3.8, 4) is 0 Å². The maximum atomic E-state index is 12.3. The summed E-state index contributed by atoms with van der Waals surface area (Å²) in [6, 6.07) is 0. The molecule has 1 N–H and O–H groups in total. The summed E-state index contributed by atoms with van der Waals surface area (Å²) in [6.45, 7) is 6.06. The SMILES string of the molecule is CCCCCCC(CC)C(=O)Nc1cnn(CCN(C)C)c1. The molecule has 1 atom stereocenters. The van der Waals surface area contributed by atoms with Crippen molar-refractivity contribution in [3.63, 3.8) is 0 Å². The Balaban J connectivity index is 2.41. The lowest BCUT2D eigenvalue weighted by Gasteiger charge is -2.14. The van der Waals surface area contributed by atoms with Gasteiger partial charge < -0.3 is 10.2 Å². The molecule has 0 saturated carbocycles. The van der Waals surface area contributed by atoms with Gasteiger partial charge in [0.25, 0.3) is 0 Å². The zero-order valence-electron chi connectivity index (χ0n) is 14.6. The number of hydrogen-bond acceptors (Lipinski definition) is 3. The Morgan fingerprint density at radius 3 is 2.73 bits per heavy atom. The van der Waals surface area contributed by atoms with Gasteiger partial charge in [0, 0.05) is 18.7 Å². The van der Waals surface area contributed by atoms with E-state index in [1.54, 1.807) is 6.20 Å². The van der Waals surface area contributed by atoms with Gasteiger partial charge in [0.05, 0.1) is 18.4 Å². The molecule has 1 rings (SSSR count). The number of hydrogen-bond donors (Lipinski definition) is 1. The molecule has 1 unspecified atom stereocenters. The average molecular weight is 308 g/mol.